The van der Waals surface area contributed by atoms with Crippen molar-refractivity contribution in [2.24, 2.45) is 0 Å². The van der Waals surface area contributed by atoms with Crippen molar-refractivity contribution >= 4 is 5.69 Å². The van der Waals surface area contributed by atoms with E-state index in [1.165, 1.54) is 5.56 Å². The molecule has 1 aromatic heterocycles. The first-order valence-corrected chi connectivity index (χ1v) is 7.06. The summed E-state index contributed by atoms with van der Waals surface area (Å²) >= 11 is 0. The highest BCUT2D eigenvalue weighted by Crippen LogP contribution is 2.36. The number of nitrogens with two attached hydrogens (primary N) is 1. The molecule has 0 bridgehead atoms. The maximum absolute atomic E-state index is 6.12. The minimum atomic E-state index is 0.261. The van der Waals surface area contributed by atoms with E-state index in [-0.39, 0.29) is 6.79 Å². The van der Waals surface area contributed by atoms with Gasteiger partial charge in [0.25, 0.3) is 0 Å². The molecule has 2 aromatic carbocycles. The molecule has 2 heterocycles. The summed E-state index contributed by atoms with van der Waals surface area (Å²) < 4.78 is 12.6. The van der Waals surface area contributed by atoms with Gasteiger partial charge in [-0.2, -0.15) is 5.10 Å². The van der Waals surface area contributed by atoms with E-state index >= 15 is 0 Å². The first kappa shape index (κ1) is 12.8. The Hall–Kier alpha value is -2.95. The predicted molar refractivity (Wildman–Crippen MR) is 83.7 cm³/mol. The largest absolute Gasteiger partial charge is 0.454 e. The fraction of sp³-hybridized carbons (Fsp3) is 0.118. The zero-order valence-corrected chi connectivity index (χ0v) is 11.9. The van der Waals surface area contributed by atoms with Crippen molar-refractivity contribution in [1.29, 1.82) is 0 Å². The molecular weight excluding hydrogens is 278 g/mol. The van der Waals surface area contributed by atoms with Gasteiger partial charge in [-0.05, 0) is 23.8 Å². The lowest BCUT2D eigenvalue weighted by Crippen LogP contribution is -2.00. The third-order valence-electron chi connectivity index (χ3n) is 3.62. The number of anilines is 1. The lowest BCUT2D eigenvalue weighted by atomic mass is 10.1. The van der Waals surface area contributed by atoms with E-state index in [9.17, 15) is 0 Å². The lowest BCUT2D eigenvalue weighted by molar-refractivity contribution is 0.174. The van der Waals surface area contributed by atoms with Crippen LogP contribution >= 0.6 is 0 Å². The molecule has 0 amide bonds. The summed E-state index contributed by atoms with van der Waals surface area (Å²) in [5.74, 6) is 1.49. The Balaban J connectivity index is 1.65. The van der Waals surface area contributed by atoms with Crippen LogP contribution in [0, 0.1) is 0 Å². The molecule has 0 fully saturated rings. The zero-order valence-electron chi connectivity index (χ0n) is 11.9. The number of hydrogen-bond acceptors (Lipinski definition) is 4. The molecule has 5 heteroatoms. The summed E-state index contributed by atoms with van der Waals surface area (Å²) in [7, 11) is 0. The molecule has 22 heavy (non-hydrogen) atoms. The maximum atomic E-state index is 6.12. The van der Waals surface area contributed by atoms with E-state index in [1.807, 2.05) is 47.3 Å². The number of nitrogens with zero attached hydrogens (tertiary/aromatic N) is 2. The van der Waals surface area contributed by atoms with Crippen LogP contribution in [0.2, 0.25) is 0 Å². The topological polar surface area (TPSA) is 62.3 Å². The number of nitrogen functional groups attached to an aromatic ring is 1. The highest BCUT2D eigenvalue weighted by atomic mass is 16.7. The third kappa shape index (κ3) is 2.26. The van der Waals surface area contributed by atoms with E-state index in [4.69, 9.17) is 15.2 Å². The summed E-state index contributed by atoms with van der Waals surface area (Å²) in [4.78, 5) is 0. The van der Waals surface area contributed by atoms with E-state index < -0.39 is 0 Å². The van der Waals surface area contributed by atoms with Gasteiger partial charge in [-0.25, -0.2) is 0 Å². The molecule has 110 valence electrons. The van der Waals surface area contributed by atoms with Gasteiger partial charge in [0.2, 0.25) is 6.79 Å². The van der Waals surface area contributed by atoms with Crippen LogP contribution in [0.15, 0.2) is 54.7 Å². The van der Waals surface area contributed by atoms with Crippen molar-refractivity contribution in [3.63, 3.8) is 0 Å². The first-order chi connectivity index (χ1) is 10.8. The Morgan fingerprint density at radius 2 is 1.86 bits per heavy atom. The van der Waals surface area contributed by atoms with E-state index in [0.29, 0.717) is 12.2 Å². The molecule has 0 unspecified atom stereocenters. The van der Waals surface area contributed by atoms with Crippen LogP contribution in [0.3, 0.4) is 0 Å². The second kappa shape index (κ2) is 5.11. The van der Waals surface area contributed by atoms with Crippen LogP contribution in [0.5, 0.6) is 11.5 Å². The molecule has 2 N–H and O–H groups in total. The molecule has 3 aromatic rings. The maximum Gasteiger partial charge on any atom is 0.231 e. The highest BCUT2D eigenvalue weighted by Gasteiger charge is 2.16. The molecule has 4 rings (SSSR count). The van der Waals surface area contributed by atoms with Crippen molar-refractivity contribution in [2.45, 2.75) is 6.54 Å². The van der Waals surface area contributed by atoms with Crippen molar-refractivity contribution in [3.05, 3.63) is 60.3 Å². The number of hydrogen-bond donors (Lipinski definition) is 1. The van der Waals surface area contributed by atoms with Gasteiger partial charge in [0.05, 0.1) is 12.2 Å². The monoisotopic (exact) mass is 293 g/mol. The second-order valence-corrected chi connectivity index (χ2v) is 5.18. The van der Waals surface area contributed by atoms with Gasteiger partial charge in [0.1, 0.15) is 5.69 Å². The minimum absolute atomic E-state index is 0.261. The Morgan fingerprint density at radius 3 is 2.73 bits per heavy atom. The fourth-order valence-corrected chi connectivity index (χ4v) is 2.56. The summed E-state index contributed by atoms with van der Waals surface area (Å²) in [6.45, 7) is 0.951. The molecule has 0 saturated carbocycles. The third-order valence-corrected chi connectivity index (χ3v) is 3.62. The van der Waals surface area contributed by atoms with Gasteiger partial charge in [-0.15, -0.1) is 0 Å². The zero-order chi connectivity index (χ0) is 14.9. The molecule has 1 aliphatic rings. The molecule has 0 radical (unpaired) electrons. The van der Waals surface area contributed by atoms with Crippen LogP contribution < -0.4 is 15.2 Å². The molecular formula is C17H15N3O2. The van der Waals surface area contributed by atoms with Gasteiger partial charge in [0.15, 0.2) is 11.5 Å². The second-order valence-electron chi connectivity index (χ2n) is 5.18. The van der Waals surface area contributed by atoms with Crippen LogP contribution in [-0.2, 0) is 6.54 Å². The summed E-state index contributed by atoms with van der Waals surface area (Å²) in [5.41, 5.74) is 9.63. The normalized spacial score (nSPS) is 12.5. The fourth-order valence-electron chi connectivity index (χ4n) is 2.56. The average molecular weight is 293 g/mol. The van der Waals surface area contributed by atoms with Gasteiger partial charge < -0.3 is 15.2 Å². The summed E-state index contributed by atoms with van der Waals surface area (Å²) in [5, 5.41) is 4.60. The Bertz CT molecular complexity index is 812. The Morgan fingerprint density at radius 1 is 1.05 bits per heavy atom. The quantitative estimate of drug-likeness (QED) is 0.806. The number of benzene rings is 2. The van der Waals surface area contributed by atoms with Crippen molar-refractivity contribution < 1.29 is 9.47 Å². The Labute approximate surface area is 127 Å². The molecule has 0 aliphatic carbocycles. The molecule has 0 atom stereocenters. The lowest BCUT2D eigenvalue weighted by Gasteiger charge is -2.02. The standard InChI is InChI=1S/C17H15N3O2/c18-14-10-20(9-12-4-2-1-3-5-12)19-17(14)13-6-7-15-16(8-13)22-11-21-15/h1-8,10H,9,11,18H2. The van der Waals surface area contributed by atoms with Gasteiger partial charge in [-0.1, -0.05) is 30.3 Å². The van der Waals surface area contributed by atoms with Gasteiger partial charge in [-0.3, -0.25) is 4.68 Å². The molecule has 1 aliphatic heterocycles. The van der Waals surface area contributed by atoms with Gasteiger partial charge in [0, 0.05) is 11.8 Å². The predicted octanol–water partition coefficient (Wildman–Crippen LogP) is 2.91. The first-order valence-electron chi connectivity index (χ1n) is 7.06. The number of aromatic nitrogens is 2. The van der Waals surface area contributed by atoms with Crippen molar-refractivity contribution in [2.75, 3.05) is 12.5 Å². The minimum Gasteiger partial charge on any atom is -0.454 e. The molecule has 0 saturated heterocycles. The highest BCUT2D eigenvalue weighted by molar-refractivity contribution is 5.74. The smallest absolute Gasteiger partial charge is 0.231 e. The van der Waals surface area contributed by atoms with E-state index in [1.54, 1.807) is 0 Å². The summed E-state index contributed by atoms with van der Waals surface area (Å²) in [6.07, 6.45) is 1.85. The van der Waals surface area contributed by atoms with Crippen LogP contribution in [0.25, 0.3) is 11.3 Å². The number of ether oxygens (including phenoxy) is 2. The molecule has 0 spiro atoms. The Kier molecular flexibility index (Phi) is 2.96. The van der Waals surface area contributed by atoms with Crippen LogP contribution in [0.1, 0.15) is 5.56 Å². The van der Waals surface area contributed by atoms with E-state index in [0.717, 1.165) is 22.8 Å². The van der Waals surface area contributed by atoms with E-state index in [2.05, 4.69) is 17.2 Å². The SMILES string of the molecule is Nc1cn(Cc2ccccc2)nc1-c1ccc2c(c1)OCO2. The van der Waals surface area contributed by atoms with Crippen LogP contribution in [0.4, 0.5) is 5.69 Å². The molecule has 5 nitrogen and oxygen atoms in total. The van der Waals surface area contributed by atoms with Crippen molar-refractivity contribution in [3.8, 4) is 22.8 Å². The average Bonchev–Trinajstić information content (AvgIpc) is 3.14. The number of fused-ring (bicyclic) bond motifs is 1. The number of rotatable bonds is 3. The van der Waals surface area contributed by atoms with Gasteiger partial charge >= 0.3 is 0 Å². The summed E-state index contributed by atoms with van der Waals surface area (Å²) in [6, 6.07) is 15.9. The van der Waals surface area contributed by atoms with Crippen LogP contribution in [-0.4, -0.2) is 16.6 Å². The van der Waals surface area contributed by atoms with Crippen molar-refractivity contribution in [1.82, 2.24) is 9.78 Å².